The maximum absolute atomic E-state index is 14.2. The summed E-state index contributed by atoms with van der Waals surface area (Å²) in [6.45, 7) is -1.08. The third kappa shape index (κ3) is 19.9. The molecule has 0 spiro atoms. The van der Waals surface area contributed by atoms with Crippen LogP contribution in [0.15, 0.2) is 24.3 Å². The second-order valence-corrected chi connectivity index (χ2v) is 26.7. The summed E-state index contributed by atoms with van der Waals surface area (Å²) in [5.41, 5.74) is 0.281. The van der Waals surface area contributed by atoms with Gasteiger partial charge in [-0.2, -0.15) is 0 Å². The minimum atomic E-state index is -1.43. The van der Waals surface area contributed by atoms with Gasteiger partial charge < -0.3 is 171 Å². The minimum Gasteiger partial charge on any atom is -0.465 e. The smallest absolute Gasteiger partial charge is 0.338 e. The van der Waals surface area contributed by atoms with Crippen LogP contribution < -0.4 is 0 Å². The molecule has 0 amide bonds. The highest BCUT2D eigenvalue weighted by Crippen LogP contribution is 2.43. The average Bonchev–Trinajstić information content (AvgIpc) is 0.786. The van der Waals surface area contributed by atoms with Crippen LogP contribution in [0.5, 0.6) is 0 Å². The molecule has 38 nitrogen and oxygen atoms in total. The van der Waals surface area contributed by atoms with E-state index in [1.54, 1.807) is 0 Å². The summed E-state index contributed by atoms with van der Waals surface area (Å²) in [6, 6.07) is 5.69. The van der Waals surface area contributed by atoms with Crippen molar-refractivity contribution in [3.8, 4) is 0 Å². The molecule has 35 atom stereocenters. The van der Waals surface area contributed by atoms with Crippen LogP contribution in [0.2, 0.25) is 0 Å². The van der Waals surface area contributed by atoms with Crippen LogP contribution in [0, 0.1) is 0 Å². The summed E-state index contributed by atoms with van der Waals surface area (Å²) in [4.78, 5) is 26.6. The topological polar surface area (TPSA) is 366 Å². The van der Waals surface area contributed by atoms with Gasteiger partial charge in [0.1, 0.15) is 178 Å². The highest BCUT2D eigenvalue weighted by atomic mass is 16.8. The van der Waals surface area contributed by atoms with Crippen molar-refractivity contribution in [2.45, 2.75) is 215 Å². The van der Waals surface area contributed by atoms with E-state index in [1.807, 2.05) is 0 Å². The first kappa shape index (κ1) is 89.7. The third-order valence-corrected chi connectivity index (χ3v) is 20.9. The predicted molar refractivity (Wildman–Crippen MR) is 365 cm³/mol. The molecule has 21 saturated heterocycles. The summed E-state index contributed by atoms with van der Waals surface area (Å²) in [5.74, 6) is -1.41. The summed E-state index contributed by atoms with van der Waals surface area (Å²) in [7, 11) is 30.8. The van der Waals surface area contributed by atoms with E-state index in [9.17, 15) is 9.59 Å². The highest BCUT2D eigenvalue weighted by molar-refractivity contribution is 5.93. The summed E-state index contributed by atoms with van der Waals surface area (Å²) in [6.07, 6.45) is -39.3. The normalized spacial score (nSPS) is 42.4. The molecule has 22 rings (SSSR count). The van der Waals surface area contributed by atoms with Gasteiger partial charge in [-0.25, -0.2) is 9.59 Å². The maximum Gasteiger partial charge on any atom is 0.338 e. The van der Waals surface area contributed by atoms with Crippen LogP contribution in [-0.4, -0.2) is 422 Å². The summed E-state index contributed by atoms with van der Waals surface area (Å²) < 4.78 is 232. The molecule has 21 aliphatic rings. The molecule has 1 aromatic carbocycles. The Balaban J connectivity index is 1.16. The molecule has 0 radical (unpaired) electrons. The lowest BCUT2D eigenvalue weighted by atomic mass is 9.94. The zero-order valence-corrected chi connectivity index (χ0v) is 66.0. The zero-order chi connectivity index (χ0) is 78.8. The molecule has 21 fully saturated rings. The van der Waals surface area contributed by atoms with E-state index >= 15 is 0 Å². The van der Waals surface area contributed by atoms with Crippen molar-refractivity contribution >= 4 is 11.9 Å². The largest absolute Gasteiger partial charge is 0.465 e. The van der Waals surface area contributed by atoms with Gasteiger partial charge in [-0.05, 0) is 24.3 Å². The Morgan fingerprint density at radius 2 is 0.376 bits per heavy atom. The Bertz CT molecular complexity index is 2770. The van der Waals surface area contributed by atoms with E-state index in [-0.39, 0.29) is 50.8 Å². The van der Waals surface area contributed by atoms with Crippen molar-refractivity contribution in [2.75, 3.05) is 196 Å². The lowest BCUT2D eigenvalue weighted by molar-refractivity contribution is -0.402. The van der Waals surface area contributed by atoms with E-state index in [0.717, 1.165) is 0 Å². The van der Waals surface area contributed by atoms with Crippen LogP contribution >= 0.6 is 0 Å². The number of esters is 2. The minimum absolute atomic E-state index is 0.0664. The zero-order valence-electron chi connectivity index (χ0n) is 66.0. The Kier molecular flexibility index (Phi) is 35.9. The van der Waals surface area contributed by atoms with E-state index in [1.165, 1.54) is 174 Å². The lowest BCUT2D eigenvalue weighted by Gasteiger charge is -2.52. The van der Waals surface area contributed by atoms with E-state index in [0.29, 0.717) is 0 Å². The van der Waals surface area contributed by atoms with Crippen LogP contribution in [-0.2, 0) is 171 Å². The number of hydrogen-bond acceptors (Lipinski definition) is 38. The molecule has 38 heteroatoms. The van der Waals surface area contributed by atoms with Crippen molar-refractivity contribution < 1.29 is 180 Å². The second kappa shape index (κ2) is 43.7. The monoisotopic (exact) mass is 1580 g/mol. The number of carbonyl (C=O) groups is 2. The number of ether oxygens (including phenoxy) is 36. The molecule has 0 unspecified atom stereocenters. The third-order valence-electron chi connectivity index (χ3n) is 20.9. The number of methoxy groups -OCH3 is 21. The Morgan fingerprint density at radius 3 is 0.523 bits per heavy atom. The molecule has 14 bridgehead atoms. The van der Waals surface area contributed by atoms with Gasteiger partial charge >= 0.3 is 11.9 Å². The number of hydrogen-bond donors (Lipinski definition) is 0. The Labute approximate surface area is 636 Å². The van der Waals surface area contributed by atoms with Gasteiger partial charge in [0.05, 0.1) is 57.9 Å². The molecular formula is C71H116O38. The molecule has 0 saturated carbocycles. The SMILES string of the molecule is COC[C@@H]1O[C@@H]2O[C@H]3[C@H](OC)[C@@H](OC)[C@@H](O[C@H]4[C@@H](OC)[C@H](OC)[C@@H](O[C@H]5[C@H](OC)[C@H](OC)[C@@H](O[C@H]6[C@H](OC)[C@@H](OC)[C@@H](O[C@H]7[C@H](OC)[C@@H](OC)[C@@H](O[C@H]8[C@H](OC)[C@@H](OC)[C@@H](O[C@H]1[C@H](OC)[C@H]2OC)O[C@H]8COC)O[C@H]7COC)O[C@@H]6COC(=O)c1ccc(C(=O)OC)cc1)O[C@@H]5COC)O[C@@H]4COC)O[C@H]3COC. The van der Waals surface area contributed by atoms with Crippen LogP contribution in [0.1, 0.15) is 20.7 Å². The van der Waals surface area contributed by atoms with E-state index in [2.05, 4.69) is 0 Å². The lowest BCUT2D eigenvalue weighted by Crippen LogP contribution is -2.69. The Morgan fingerprint density at radius 1 is 0.220 bits per heavy atom. The van der Waals surface area contributed by atoms with Crippen LogP contribution in [0.25, 0.3) is 0 Å². The van der Waals surface area contributed by atoms with E-state index < -0.39 is 233 Å². The quantitative estimate of drug-likeness (QED) is 0.0877. The first-order chi connectivity index (χ1) is 53.0. The maximum atomic E-state index is 14.2. The van der Waals surface area contributed by atoms with Crippen molar-refractivity contribution in [3.05, 3.63) is 35.4 Å². The van der Waals surface area contributed by atoms with Gasteiger partial charge in [0.25, 0.3) is 0 Å². The molecule has 109 heavy (non-hydrogen) atoms. The standard InChI is InChI=1S/C71H116O38/c1-74-26-35-42-49(80-7)57(88-15)66(97-35)105-44-37(28-76-3)99-68(59(90-17)51(44)82-9)107-46-39(30-78-5)101-70(61(92-19)53(46)84-11)109-48-41(32-95-64(73)34-24-22-33(23-25-34)63(72)94-21)102-71(62(93-20)55(48)86-13)108-47-40(31-79-6)100-69(60(91-18)54(47)85-12)106-45-38(29-77-4)98-67(58(89-16)52(45)83-10)104-43-36(27-75-2)96-65(103-42)56(87-14)50(43)81-8/h22-25,35-62,65-71H,26-32H2,1-21H3/t35-,36-,37+,38-,39+,40-,41+,42+,43+,44+,45+,46+,47+,48+,49-,50-,51+,52-,53-,54-,55-,56+,57+,58+,59-,60+,61-,62+,65+,66+,67+,68+,69+,70+,71+/m0/s1. The highest BCUT2D eigenvalue weighted by Gasteiger charge is 2.62. The second-order valence-electron chi connectivity index (χ2n) is 26.7. The fourth-order valence-electron chi connectivity index (χ4n) is 15.8. The molecule has 0 aliphatic carbocycles. The van der Waals surface area contributed by atoms with Crippen molar-refractivity contribution in [2.24, 2.45) is 0 Å². The molecule has 628 valence electrons. The summed E-state index contributed by atoms with van der Waals surface area (Å²) >= 11 is 0. The van der Waals surface area contributed by atoms with Gasteiger partial charge in [0.2, 0.25) is 0 Å². The van der Waals surface area contributed by atoms with Gasteiger partial charge in [-0.1, -0.05) is 0 Å². The molecule has 21 aliphatic heterocycles. The van der Waals surface area contributed by atoms with Crippen LogP contribution in [0.3, 0.4) is 0 Å². The number of carbonyl (C=O) groups excluding carboxylic acids is 2. The van der Waals surface area contributed by atoms with Gasteiger partial charge in [-0.15, -0.1) is 0 Å². The fraction of sp³-hybridized carbons (Fsp3) is 0.887. The summed E-state index contributed by atoms with van der Waals surface area (Å²) in [5, 5.41) is 0. The first-order valence-electron chi connectivity index (χ1n) is 35.8. The molecule has 0 N–H and O–H groups in total. The van der Waals surface area contributed by atoms with Crippen molar-refractivity contribution in [1.82, 2.24) is 0 Å². The first-order valence-corrected chi connectivity index (χ1v) is 35.8. The van der Waals surface area contributed by atoms with Crippen molar-refractivity contribution in [1.29, 1.82) is 0 Å². The van der Waals surface area contributed by atoms with E-state index in [4.69, 9.17) is 171 Å². The molecule has 0 aromatic heterocycles. The van der Waals surface area contributed by atoms with Gasteiger partial charge in [0, 0.05) is 142 Å². The predicted octanol–water partition coefficient (Wildman–Crippen LogP) is -0.497. The number of rotatable bonds is 30. The average molecular weight is 1580 g/mol. The van der Waals surface area contributed by atoms with Crippen molar-refractivity contribution in [3.63, 3.8) is 0 Å². The van der Waals surface area contributed by atoms with Gasteiger partial charge in [0.15, 0.2) is 44.0 Å². The fourth-order valence-corrected chi connectivity index (χ4v) is 15.8. The molecule has 21 heterocycles. The molecular weight excluding hydrogens is 1460 g/mol. The van der Waals surface area contributed by atoms with Crippen LogP contribution in [0.4, 0.5) is 0 Å². The molecule has 1 aromatic rings. The number of benzene rings is 1. The van der Waals surface area contributed by atoms with Gasteiger partial charge in [-0.3, -0.25) is 0 Å². The Hall–Kier alpha value is -3.20.